The van der Waals surface area contributed by atoms with Crippen molar-refractivity contribution in [2.45, 2.75) is 37.1 Å². The normalized spacial score (nSPS) is 15.3. The zero-order valence-corrected chi connectivity index (χ0v) is 11.5. The second-order valence-electron chi connectivity index (χ2n) is 4.51. The summed E-state index contributed by atoms with van der Waals surface area (Å²) in [5.74, 6) is -1.18. The smallest absolute Gasteiger partial charge is 0.324 e. The molecule has 0 saturated heterocycles. The zero-order valence-electron chi connectivity index (χ0n) is 10.7. The average molecular weight is 274 g/mol. The summed E-state index contributed by atoms with van der Waals surface area (Å²) in [6.45, 7) is 3.18. The molecule has 1 rings (SSSR count). The molecular weight excluding hydrogens is 256 g/mol. The molecule has 0 spiro atoms. The van der Waals surface area contributed by atoms with Gasteiger partial charge in [0.05, 0.1) is 4.90 Å². The van der Waals surface area contributed by atoms with Crippen LogP contribution in [0.5, 0.6) is 0 Å². The lowest BCUT2D eigenvalue weighted by Gasteiger charge is -2.25. The molecule has 0 amide bonds. The summed E-state index contributed by atoms with van der Waals surface area (Å²) in [5, 5.41) is 9.15. The van der Waals surface area contributed by atoms with Crippen molar-refractivity contribution in [3.8, 4) is 0 Å². The third-order valence-corrected chi connectivity index (χ3v) is 4.28. The van der Waals surface area contributed by atoms with Crippen LogP contribution < -0.4 is 4.72 Å². The standard InChI is InChI=1S/C11H18N2O4S/c1-4-6-11(2,10(14)15)12-18(16,17)9-5-7-13(3)8-9/h5,7-8,12H,4,6H2,1-3H3,(H,14,15). The molecule has 0 bridgehead atoms. The lowest BCUT2D eigenvalue weighted by Crippen LogP contribution is -2.51. The molecule has 1 unspecified atom stereocenters. The summed E-state index contributed by atoms with van der Waals surface area (Å²) in [5.41, 5.74) is -1.48. The van der Waals surface area contributed by atoms with Gasteiger partial charge in [0.15, 0.2) is 0 Å². The van der Waals surface area contributed by atoms with E-state index in [1.807, 2.05) is 0 Å². The van der Waals surface area contributed by atoms with Crippen molar-refractivity contribution >= 4 is 16.0 Å². The van der Waals surface area contributed by atoms with Crippen molar-refractivity contribution in [3.63, 3.8) is 0 Å². The molecule has 1 aromatic rings. The van der Waals surface area contributed by atoms with Gasteiger partial charge in [-0.2, -0.15) is 4.72 Å². The van der Waals surface area contributed by atoms with E-state index in [9.17, 15) is 13.2 Å². The number of hydrogen-bond acceptors (Lipinski definition) is 3. The van der Waals surface area contributed by atoms with E-state index in [-0.39, 0.29) is 11.3 Å². The van der Waals surface area contributed by atoms with E-state index in [0.29, 0.717) is 6.42 Å². The van der Waals surface area contributed by atoms with Gasteiger partial charge in [-0.3, -0.25) is 4.79 Å². The van der Waals surface area contributed by atoms with Gasteiger partial charge >= 0.3 is 5.97 Å². The van der Waals surface area contributed by atoms with E-state index >= 15 is 0 Å². The van der Waals surface area contributed by atoms with Crippen LogP contribution in [0.15, 0.2) is 23.4 Å². The number of carbonyl (C=O) groups is 1. The topological polar surface area (TPSA) is 88.4 Å². The van der Waals surface area contributed by atoms with E-state index < -0.39 is 21.5 Å². The van der Waals surface area contributed by atoms with Crippen LogP contribution in [0.3, 0.4) is 0 Å². The van der Waals surface area contributed by atoms with Crippen molar-refractivity contribution < 1.29 is 18.3 Å². The molecule has 0 fully saturated rings. The van der Waals surface area contributed by atoms with E-state index in [1.165, 1.54) is 19.2 Å². The Morgan fingerprint density at radius 2 is 2.17 bits per heavy atom. The van der Waals surface area contributed by atoms with Crippen LogP contribution in [0.25, 0.3) is 0 Å². The largest absolute Gasteiger partial charge is 0.480 e. The van der Waals surface area contributed by atoms with Crippen molar-refractivity contribution in [2.24, 2.45) is 7.05 Å². The van der Waals surface area contributed by atoms with Gasteiger partial charge in [0, 0.05) is 19.4 Å². The minimum atomic E-state index is -3.82. The van der Waals surface area contributed by atoms with Gasteiger partial charge in [-0.1, -0.05) is 13.3 Å². The minimum Gasteiger partial charge on any atom is -0.480 e. The first-order valence-corrected chi connectivity index (χ1v) is 7.09. The molecule has 102 valence electrons. The SMILES string of the molecule is CCCC(C)(NS(=O)(=O)c1ccn(C)c1)C(=O)O. The maximum absolute atomic E-state index is 12.1. The van der Waals surface area contributed by atoms with Crippen LogP contribution in [0.2, 0.25) is 0 Å². The predicted octanol–water partition coefficient (Wildman–Crippen LogP) is 0.947. The quantitative estimate of drug-likeness (QED) is 0.808. The van der Waals surface area contributed by atoms with Gasteiger partial charge in [-0.15, -0.1) is 0 Å². The van der Waals surface area contributed by atoms with Crippen LogP contribution in [0.1, 0.15) is 26.7 Å². The number of nitrogens with one attached hydrogen (secondary N) is 1. The highest BCUT2D eigenvalue weighted by atomic mass is 32.2. The molecule has 1 atom stereocenters. The van der Waals surface area contributed by atoms with Crippen LogP contribution >= 0.6 is 0 Å². The molecule has 0 saturated carbocycles. The number of carboxylic acid groups (broad SMARTS) is 1. The molecule has 7 heteroatoms. The maximum Gasteiger partial charge on any atom is 0.324 e. The number of aromatic nitrogens is 1. The second-order valence-corrected chi connectivity index (χ2v) is 6.19. The Balaban J connectivity index is 3.04. The lowest BCUT2D eigenvalue weighted by atomic mass is 9.98. The van der Waals surface area contributed by atoms with Gasteiger partial charge in [0.1, 0.15) is 5.54 Å². The van der Waals surface area contributed by atoms with E-state index in [1.54, 1.807) is 24.7 Å². The van der Waals surface area contributed by atoms with Crippen molar-refractivity contribution in [1.29, 1.82) is 0 Å². The number of hydrogen-bond donors (Lipinski definition) is 2. The maximum atomic E-state index is 12.1. The fourth-order valence-electron chi connectivity index (χ4n) is 1.69. The van der Waals surface area contributed by atoms with E-state index in [4.69, 9.17) is 5.11 Å². The minimum absolute atomic E-state index is 0.0635. The Bertz CT molecular complexity index is 535. The van der Waals surface area contributed by atoms with Gasteiger partial charge in [-0.25, -0.2) is 8.42 Å². The first-order chi connectivity index (χ1) is 8.21. The average Bonchev–Trinajstić information content (AvgIpc) is 2.64. The molecule has 2 N–H and O–H groups in total. The van der Waals surface area contributed by atoms with Crippen LogP contribution in [0.4, 0.5) is 0 Å². The highest BCUT2D eigenvalue weighted by molar-refractivity contribution is 7.89. The molecule has 0 radical (unpaired) electrons. The molecule has 1 aromatic heterocycles. The highest BCUT2D eigenvalue weighted by Crippen LogP contribution is 2.18. The number of nitrogens with zero attached hydrogens (tertiary/aromatic N) is 1. The summed E-state index contributed by atoms with van der Waals surface area (Å²) < 4.78 is 28.0. The molecular formula is C11H18N2O4S. The Morgan fingerprint density at radius 3 is 2.56 bits per heavy atom. The van der Waals surface area contributed by atoms with Gasteiger partial charge in [-0.05, 0) is 19.4 Å². The monoisotopic (exact) mass is 274 g/mol. The summed E-state index contributed by atoms with van der Waals surface area (Å²) in [4.78, 5) is 11.3. The molecule has 0 aliphatic rings. The number of carboxylic acids is 1. The van der Waals surface area contributed by atoms with Crippen LogP contribution in [-0.2, 0) is 21.9 Å². The Kier molecular flexibility index (Phi) is 4.18. The summed E-state index contributed by atoms with van der Waals surface area (Å²) in [7, 11) is -2.12. The van der Waals surface area contributed by atoms with Gasteiger partial charge in [0.2, 0.25) is 10.0 Å². The first kappa shape index (κ1) is 14.7. The van der Waals surface area contributed by atoms with Crippen molar-refractivity contribution in [1.82, 2.24) is 9.29 Å². The summed E-state index contributed by atoms with van der Waals surface area (Å²) in [6.07, 6.45) is 3.82. The third-order valence-electron chi connectivity index (χ3n) is 2.70. The molecule has 0 aromatic carbocycles. The zero-order chi connectivity index (χ0) is 14.0. The fraction of sp³-hybridized carbons (Fsp3) is 0.545. The Labute approximate surface area is 107 Å². The van der Waals surface area contributed by atoms with E-state index in [0.717, 1.165) is 0 Å². The molecule has 6 nitrogen and oxygen atoms in total. The number of rotatable bonds is 6. The number of aryl methyl sites for hydroxylation is 1. The predicted molar refractivity (Wildman–Crippen MR) is 66.7 cm³/mol. The number of sulfonamides is 1. The van der Waals surface area contributed by atoms with Crippen molar-refractivity contribution in [3.05, 3.63) is 18.5 Å². The molecule has 0 aliphatic heterocycles. The molecule has 1 heterocycles. The summed E-state index contributed by atoms with van der Waals surface area (Å²) in [6, 6.07) is 1.43. The van der Waals surface area contributed by atoms with Crippen LogP contribution in [-0.4, -0.2) is 29.6 Å². The second kappa shape index (κ2) is 5.11. The van der Waals surface area contributed by atoms with Gasteiger partial charge < -0.3 is 9.67 Å². The Hall–Kier alpha value is -1.34. The molecule has 0 aliphatic carbocycles. The van der Waals surface area contributed by atoms with Gasteiger partial charge in [0.25, 0.3) is 0 Å². The molecule has 18 heavy (non-hydrogen) atoms. The highest BCUT2D eigenvalue weighted by Gasteiger charge is 2.37. The summed E-state index contributed by atoms with van der Waals surface area (Å²) >= 11 is 0. The number of aliphatic carboxylic acids is 1. The Morgan fingerprint density at radius 1 is 1.56 bits per heavy atom. The van der Waals surface area contributed by atoms with Crippen LogP contribution in [0, 0.1) is 0 Å². The lowest BCUT2D eigenvalue weighted by molar-refractivity contribution is -0.143. The van der Waals surface area contributed by atoms with Crippen molar-refractivity contribution in [2.75, 3.05) is 0 Å². The fourth-order valence-corrected chi connectivity index (χ4v) is 3.14. The third kappa shape index (κ3) is 3.11. The van der Waals surface area contributed by atoms with E-state index in [2.05, 4.69) is 4.72 Å². The first-order valence-electron chi connectivity index (χ1n) is 5.60.